The van der Waals surface area contributed by atoms with Crippen LogP contribution < -0.4 is 10.1 Å². The van der Waals surface area contributed by atoms with Crippen LogP contribution in [0.2, 0.25) is 0 Å². The molecule has 7 heteroatoms. The standard InChI is InChI=1S/C18H19F3N2O2/c1-23(11-12-6-4-3-5-7-12)18(24)22-16(17(20)21)13-8-9-15(25-2)14(19)10-13/h3-10,16-17H,11H2,1-2H3,(H,22,24)/t16-/m0/s1. The molecule has 1 atom stereocenters. The van der Waals surface area contributed by atoms with Crippen LogP contribution >= 0.6 is 0 Å². The summed E-state index contributed by atoms with van der Waals surface area (Å²) in [5.41, 5.74) is 0.832. The molecule has 0 unspecified atom stereocenters. The third-order valence-corrected chi connectivity index (χ3v) is 3.68. The van der Waals surface area contributed by atoms with E-state index in [2.05, 4.69) is 5.32 Å². The van der Waals surface area contributed by atoms with Crippen molar-refractivity contribution >= 4 is 6.03 Å². The van der Waals surface area contributed by atoms with Crippen LogP contribution in [0.3, 0.4) is 0 Å². The van der Waals surface area contributed by atoms with Gasteiger partial charge in [-0.25, -0.2) is 18.0 Å². The quantitative estimate of drug-likeness (QED) is 0.854. The maximum absolute atomic E-state index is 13.8. The van der Waals surface area contributed by atoms with Gasteiger partial charge in [0, 0.05) is 13.6 Å². The van der Waals surface area contributed by atoms with Gasteiger partial charge in [-0.1, -0.05) is 36.4 Å². The summed E-state index contributed by atoms with van der Waals surface area (Å²) in [5, 5.41) is 2.25. The molecule has 2 amide bonds. The first-order valence-electron chi connectivity index (χ1n) is 7.59. The number of hydrogen-bond donors (Lipinski definition) is 1. The van der Waals surface area contributed by atoms with Crippen LogP contribution in [0.1, 0.15) is 17.2 Å². The molecule has 0 aliphatic rings. The van der Waals surface area contributed by atoms with Gasteiger partial charge in [-0.05, 0) is 23.3 Å². The van der Waals surface area contributed by atoms with Crippen molar-refractivity contribution in [1.29, 1.82) is 0 Å². The molecule has 0 radical (unpaired) electrons. The van der Waals surface area contributed by atoms with Gasteiger partial charge in [0.2, 0.25) is 0 Å². The monoisotopic (exact) mass is 352 g/mol. The molecular formula is C18H19F3N2O2. The minimum Gasteiger partial charge on any atom is -0.494 e. The molecule has 0 heterocycles. The molecule has 134 valence electrons. The molecule has 25 heavy (non-hydrogen) atoms. The van der Waals surface area contributed by atoms with E-state index in [9.17, 15) is 18.0 Å². The predicted octanol–water partition coefficient (Wildman–Crippen LogP) is 3.98. The van der Waals surface area contributed by atoms with Crippen LogP contribution in [0.15, 0.2) is 48.5 Å². The van der Waals surface area contributed by atoms with E-state index in [-0.39, 0.29) is 17.9 Å². The highest BCUT2D eigenvalue weighted by molar-refractivity contribution is 5.74. The number of nitrogens with one attached hydrogen (secondary N) is 1. The average molecular weight is 352 g/mol. The number of urea groups is 1. The lowest BCUT2D eigenvalue weighted by molar-refractivity contribution is 0.0971. The zero-order valence-corrected chi connectivity index (χ0v) is 13.9. The van der Waals surface area contributed by atoms with Crippen LogP contribution in [0.5, 0.6) is 5.75 Å². The number of alkyl halides is 2. The lowest BCUT2D eigenvalue weighted by atomic mass is 10.1. The first-order chi connectivity index (χ1) is 11.9. The average Bonchev–Trinajstić information content (AvgIpc) is 2.60. The van der Waals surface area contributed by atoms with Crippen molar-refractivity contribution in [2.75, 3.05) is 14.2 Å². The smallest absolute Gasteiger partial charge is 0.318 e. The summed E-state index contributed by atoms with van der Waals surface area (Å²) in [6.45, 7) is 0.263. The van der Waals surface area contributed by atoms with E-state index in [0.29, 0.717) is 0 Å². The number of nitrogens with zero attached hydrogens (tertiary/aromatic N) is 1. The number of benzene rings is 2. The van der Waals surface area contributed by atoms with Gasteiger partial charge in [-0.15, -0.1) is 0 Å². The number of halogens is 3. The van der Waals surface area contributed by atoms with Gasteiger partial charge in [0.1, 0.15) is 6.04 Å². The molecule has 0 aromatic heterocycles. The molecule has 0 saturated carbocycles. The Morgan fingerprint density at radius 1 is 1.20 bits per heavy atom. The molecule has 0 saturated heterocycles. The zero-order chi connectivity index (χ0) is 18.4. The number of carbonyl (C=O) groups excluding carboxylic acids is 1. The highest BCUT2D eigenvalue weighted by Crippen LogP contribution is 2.26. The summed E-state index contributed by atoms with van der Waals surface area (Å²) in [6, 6.07) is 10.3. The third-order valence-electron chi connectivity index (χ3n) is 3.68. The molecule has 0 bridgehead atoms. The highest BCUT2D eigenvalue weighted by Gasteiger charge is 2.26. The van der Waals surface area contributed by atoms with Crippen molar-refractivity contribution < 1.29 is 22.7 Å². The Morgan fingerprint density at radius 3 is 2.44 bits per heavy atom. The maximum atomic E-state index is 13.8. The fraction of sp³-hybridized carbons (Fsp3) is 0.278. The molecule has 2 aromatic rings. The molecule has 0 fully saturated rings. The van der Waals surface area contributed by atoms with Crippen molar-refractivity contribution in [2.45, 2.75) is 19.0 Å². The molecule has 0 aliphatic heterocycles. The lowest BCUT2D eigenvalue weighted by Gasteiger charge is -2.24. The van der Waals surface area contributed by atoms with Crippen LogP contribution in [0.4, 0.5) is 18.0 Å². The molecule has 2 aromatic carbocycles. The Balaban J connectivity index is 2.10. The van der Waals surface area contributed by atoms with E-state index >= 15 is 0 Å². The van der Waals surface area contributed by atoms with E-state index in [1.165, 1.54) is 31.2 Å². The third kappa shape index (κ3) is 4.89. The van der Waals surface area contributed by atoms with Gasteiger partial charge in [-0.2, -0.15) is 0 Å². The number of rotatable bonds is 6. The SMILES string of the molecule is COc1ccc([C@H](NC(=O)N(C)Cc2ccccc2)C(F)F)cc1F. The van der Waals surface area contributed by atoms with Gasteiger partial charge in [0.25, 0.3) is 6.43 Å². The van der Waals surface area contributed by atoms with Gasteiger partial charge < -0.3 is 15.0 Å². The van der Waals surface area contributed by atoms with Crippen molar-refractivity contribution in [3.8, 4) is 5.75 Å². The number of carbonyl (C=O) groups is 1. The lowest BCUT2D eigenvalue weighted by Crippen LogP contribution is -2.41. The van der Waals surface area contributed by atoms with Crippen molar-refractivity contribution in [3.05, 3.63) is 65.5 Å². The van der Waals surface area contributed by atoms with Crippen LogP contribution in [0.25, 0.3) is 0 Å². The minimum absolute atomic E-state index is 0.0326. The molecule has 0 spiro atoms. The largest absolute Gasteiger partial charge is 0.494 e. The number of methoxy groups -OCH3 is 1. The second-order valence-electron chi connectivity index (χ2n) is 5.50. The van der Waals surface area contributed by atoms with E-state index in [0.717, 1.165) is 11.6 Å². The van der Waals surface area contributed by atoms with Crippen LogP contribution in [-0.4, -0.2) is 31.5 Å². The molecular weight excluding hydrogens is 333 g/mol. The zero-order valence-electron chi connectivity index (χ0n) is 13.9. The number of ether oxygens (including phenoxy) is 1. The number of hydrogen-bond acceptors (Lipinski definition) is 2. The topological polar surface area (TPSA) is 41.6 Å². The Bertz CT molecular complexity index is 711. The van der Waals surface area contributed by atoms with Crippen molar-refractivity contribution in [2.24, 2.45) is 0 Å². The van der Waals surface area contributed by atoms with Crippen LogP contribution in [0, 0.1) is 5.82 Å². The van der Waals surface area contributed by atoms with E-state index < -0.39 is 24.3 Å². The van der Waals surface area contributed by atoms with Gasteiger partial charge in [-0.3, -0.25) is 0 Å². The summed E-state index contributed by atoms with van der Waals surface area (Å²) in [5.74, 6) is -0.818. The van der Waals surface area contributed by atoms with E-state index in [1.54, 1.807) is 0 Å². The van der Waals surface area contributed by atoms with Gasteiger partial charge >= 0.3 is 6.03 Å². The Hall–Kier alpha value is -2.70. The fourth-order valence-corrected chi connectivity index (χ4v) is 2.34. The molecule has 1 N–H and O–H groups in total. The van der Waals surface area contributed by atoms with Gasteiger partial charge in [0.05, 0.1) is 7.11 Å². The van der Waals surface area contributed by atoms with Crippen molar-refractivity contribution in [1.82, 2.24) is 10.2 Å². The Kier molecular flexibility index (Phi) is 6.27. The second kappa shape index (κ2) is 8.41. The predicted molar refractivity (Wildman–Crippen MR) is 88.1 cm³/mol. The summed E-state index contributed by atoms with van der Waals surface area (Å²) in [6.07, 6.45) is -2.89. The first kappa shape index (κ1) is 18.6. The maximum Gasteiger partial charge on any atom is 0.318 e. The molecule has 2 rings (SSSR count). The molecule has 0 aliphatic carbocycles. The molecule has 4 nitrogen and oxygen atoms in total. The second-order valence-corrected chi connectivity index (χ2v) is 5.50. The summed E-state index contributed by atoms with van der Waals surface area (Å²) in [7, 11) is 2.78. The fourth-order valence-electron chi connectivity index (χ4n) is 2.34. The first-order valence-corrected chi connectivity index (χ1v) is 7.59. The normalized spacial score (nSPS) is 11.9. The highest BCUT2D eigenvalue weighted by atomic mass is 19.3. The summed E-state index contributed by atoms with van der Waals surface area (Å²) >= 11 is 0. The van der Waals surface area contributed by atoms with E-state index in [4.69, 9.17) is 4.74 Å². The van der Waals surface area contributed by atoms with Crippen molar-refractivity contribution in [3.63, 3.8) is 0 Å². The summed E-state index contributed by atoms with van der Waals surface area (Å²) < 4.78 is 45.3. The minimum atomic E-state index is -2.89. The van der Waals surface area contributed by atoms with Crippen LogP contribution in [-0.2, 0) is 6.54 Å². The summed E-state index contributed by atoms with van der Waals surface area (Å²) in [4.78, 5) is 13.5. The van der Waals surface area contributed by atoms with E-state index in [1.807, 2.05) is 30.3 Å². The Labute approximate surface area is 144 Å². The number of amides is 2. The Morgan fingerprint density at radius 2 is 1.88 bits per heavy atom. The van der Waals surface area contributed by atoms with Gasteiger partial charge in [0.15, 0.2) is 11.6 Å².